The van der Waals surface area contributed by atoms with Gasteiger partial charge in [-0.1, -0.05) is 24.3 Å². The highest BCUT2D eigenvalue weighted by molar-refractivity contribution is 6.06. The minimum atomic E-state index is -0.0600. The molecular weight excluding hydrogens is 312 g/mol. The summed E-state index contributed by atoms with van der Waals surface area (Å²) in [5.41, 5.74) is 3.50. The number of carbonyl (C=O) groups excluding carboxylic acids is 1. The zero-order chi connectivity index (χ0) is 17.6. The van der Waals surface area contributed by atoms with E-state index in [2.05, 4.69) is 20.6 Å². The lowest BCUT2D eigenvalue weighted by Gasteiger charge is -2.10. The van der Waals surface area contributed by atoms with Crippen LogP contribution < -0.4 is 10.6 Å². The number of rotatable bonds is 6. The summed E-state index contributed by atoms with van der Waals surface area (Å²) in [6, 6.07) is 13.5. The van der Waals surface area contributed by atoms with E-state index in [1.54, 1.807) is 0 Å². The Morgan fingerprint density at radius 2 is 1.92 bits per heavy atom. The number of hydrogen-bond acceptors (Lipinski definition) is 4. The number of nitrogens with zero attached hydrogens (tertiary/aromatic N) is 2. The predicted molar refractivity (Wildman–Crippen MR) is 101 cm³/mol. The molecule has 0 bridgehead atoms. The number of aryl methyl sites for hydroxylation is 2. The number of para-hydroxylation sites is 1. The summed E-state index contributed by atoms with van der Waals surface area (Å²) in [5, 5.41) is 7.12. The third kappa shape index (κ3) is 4.32. The van der Waals surface area contributed by atoms with E-state index in [9.17, 15) is 4.79 Å². The van der Waals surface area contributed by atoms with Crippen LogP contribution in [-0.4, -0.2) is 29.0 Å². The first kappa shape index (κ1) is 16.9. The van der Waals surface area contributed by atoms with E-state index in [1.807, 2.05) is 62.5 Å². The Hall–Kier alpha value is -2.95. The molecule has 5 nitrogen and oxygen atoms in total. The summed E-state index contributed by atoms with van der Waals surface area (Å²) < 4.78 is 0. The van der Waals surface area contributed by atoms with Crippen molar-refractivity contribution in [3.63, 3.8) is 0 Å². The molecule has 3 aromatic rings. The number of carbonyl (C=O) groups is 1. The maximum absolute atomic E-state index is 12.5. The average Bonchev–Trinajstić information content (AvgIpc) is 2.62. The van der Waals surface area contributed by atoms with Crippen molar-refractivity contribution in [1.29, 1.82) is 0 Å². The van der Waals surface area contributed by atoms with Crippen molar-refractivity contribution in [2.45, 2.75) is 20.3 Å². The van der Waals surface area contributed by atoms with Gasteiger partial charge in [0.1, 0.15) is 5.82 Å². The zero-order valence-electron chi connectivity index (χ0n) is 14.5. The van der Waals surface area contributed by atoms with Crippen LogP contribution in [0.15, 0.2) is 48.7 Å². The topological polar surface area (TPSA) is 66.9 Å². The van der Waals surface area contributed by atoms with Gasteiger partial charge in [-0.3, -0.25) is 9.78 Å². The van der Waals surface area contributed by atoms with Crippen molar-refractivity contribution in [3.8, 4) is 0 Å². The molecule has 1 amide bonds. The molecule has 0 aliphatic heterocycles. The molecule has 0 unspecified atom stereocenters. The number of amides is 1. The Morgan fingerprint density at radius 1 is 1.08 bits per heavy atom. The van der Waals surface area contributed by atoms with Gasteiger partial charge < -0.3 is 10.6 Å². The number of benzene rings is 1. The summed E-state index contributed by atoms with van der Waals surface area (Å²) in [6.07, 6.45) is 2.66. The van der Waals surface area contributed by atoms with E-state index in [1.165, 1.54) is 0 Å². The standard InChI is InChI=1S/C20H22N4O/c1-14-8-9-19(23-13-14)21-10-5-11-22-20(25)17-12-15(2)24-18-7-4-3-6-16(17)18/h3-4,6-9,12-13H,5,10-11H2,1-2H3,(H,21,23)(H,22,25). The fourth-order valence-corrected chi connectivity index (χ4v) is 2.67. The van der Waals surface area contributed by atoms with E-state index >= 15 is 0 Å². The summed E-state index contributed by atoms with van der Waals surface area (Å²) in [6.45, 7) is 5.28. The lowest BCUT2D eigenvalue weighted by molar-refractivity contribution is 0.0955. The monoisotopic (exact) mass is 334 g/mol. The molecule has 1 aromatic carbocycles. The fraction of sp³-hybridized carbons (Fsp3) is 0.250. The summed E-state index contributed by atoms with van der Waals surface area (Å²) in [4.78, 5) is 21.3. The van der Waals surface area contributed by atoms with Crippen LogP contribution >= 0.6 is 0 Å². The molecule has 0 aliphatic rings. The molecule has 0 spiro atoms. The van der Waals surface area contributed by atoms with Crippen molar-refractivity contribution < 1.29 is 4.79 Å². The van der Waals surface area contributed by atoms with Gasteiger partial charge in [-0.25, -0.2) is 4.98 Å². The molecule has 0 atom stereocenters. The Kier molecular flexibility index (Phi) is 5.23. The van der Waals surface area contributed by atoms with Gasteiger partial charge in [-0.15, -0.1) is 0 Å². The van der Waals surface area contributed by atoms with Crippen LogP contribution in [0.1, 0.15) is 28.0 Å². The molecule has 0 aliphatic carbocycles. The molecule has 2 N–H and O–H groups in total. The Bertz CT molecular complexity index is 875. The molecule has 0 fully saturated rings. The Morgan fingerprint density at radius 3 is 2.72 bits per heavy atom. The first-order valence-electron chi connectivity index (χ1n) is 8.44. The highest BCUT2D eigenvalue weighted by Crippen LogP contribution is 2.18. The van der Waals surface area contributed by atoms with E-state index in [4.69, 9.17) is 0 Å². The van der Waals surface area contributed by atoms with Crippen molar-refractivity contribution in [1.82, 2.24) is 15.3 Å². The molecule has 0 saturated heterocycles. The van der Waals surface area contributed by atoms with Crippen LogP contribution in [0.25, 0.3) is 10.9 Å². The quantitative estimate of drug-likeness (QED) is 0.677. The minimum absolute atomic E-state index is 0.0600. The predicted octanol–water partition coefficient (Wildman–Crippen LogP) is 3.48. The molecule has 0 radical (unpaired) electrons. The molecule has 5 heteroatoms. The first-order valence-corrected chi connectivity index (χ1v) is 8.44. The fourth-order valence-electron chi connectivity index (χ4n) is 2.67. The third-order valence-corrected chi connectivity index (χ3v) is 3.95. The average molecular weight is 334 g/mol. The second-order valence-corrected chi connectivity index (χ2v) is 6.09. The second-order valence-electron chi connectivity index (χ2n) is 6.09. The number of hydrogen-bond donors (Lipinski definition) is 2. The summed E-state index contributed by atoms with van der Waals surface area (Å²) >= 11 is 0. The molecule has 2 aromatic heterocycles. The number of pyridine rings is 2. The minimum Gasteiger partial charge on any atom is -0.370 e. The summed E-state index contributed by atoms with van der Waals surface area (Å²) in [7, 11) is 0. The van der Waals surface area contributed by atoms with Crippen LogP contribution in [0.3, 0.4) is 0 Å². The van der Waals surface area contributed by atoms with Crippen LogP contribution in [0.2, 0.25) is 0 Å². The molecule has 3 rings (SSSR count). The highest BCUT2D eigenvalue weighted by Gasteiger charge is 2.11. The van der Waals surface area contributed by atoms with Gasteiger partial charge in [0, 0.05) is 30.4 Å². The van der Waals surface area contributed by atoms with Crippen LogP contribution in [0.5, 0.6) is 0 Å². The van der Waals surface area contributed by atoms with Crippen LogP contribution in [0.4, 0.5) is 5.82 Å². The number of aromatic nitrogens is 2. The lowest BCUT2D eigenvalue weighted by atomic mass is 10.1. The van der Waals surface area contributed by atoms with Crippen LogP contribution in [-0.2, 0) is 0 Å². The van der Waals surface area contributed by atoms with Crippen molar-refractivity contribution >= 4 is 22.6 Å². The Labute approximate surface area is 147 Å². The maximum atomic E-state index is 12.5. The smallest absolute Gasteiger partial charge is 0.252 e. The lowest BCUT2D eigenvalue weighted by Crippen LogP contribution is -2.26. The molecular formula is C20H22N4O. The van der Waals surface area contributed by atoms with E-state index in [0.717, 1.165) is 40.9 Å². The van der Waals surface area contributed by atoms with Gasteiger partial charge in [0.15, 0.2) is 0 Å². The van der Waals surface area contributed by atoms with Crippen molar-refractivity contribution in [3.05, 3.63) is 65.5 Å². The third-order valence-electron chi connectivity index (χ3n) is 3.95. The van der Waals surface area contributed by atoms with Gasteiger partial charge in [-0.05, 0) is 44.0 Å². The first-order chi connectivity index (χ1) is 12.1. The normalized spacial score (nSPS) is 10.6. The molecule has 2 heterocycles. The zero-order valence-corrected chi connectivity index (χ0v) is 14.5. The maximum Gasteiger partial charge on any atom is 0.252 e. The van der Waals surface area contributed by atoms with Crippen LogP contribution in [0, 0.1) is 13.8 Å². The molecule has 25 heavy (non-hydrogen) atoms. The number of fused-ring (bicyclic) bond motifs is 1. The largest absolute Gasteiger partial charge is 0.370 e. The van der Waals surface area contributed by atoms with E-state index in [0.29, 0.717) is 12.1 Å². The van der Waals surface area contributed by atoms with Gasteiger partial charge >= 0.3 is 0 Å². The van der Waals surface area contributed by atoms with Crippen molar-refractivity contribution in [2.75, 3.05) is 18.4 Å². The summed E-state index contributed by atoms with van der Waals surface area (Å²) in [5.74, 6) is 0.794. The Balaban J connectivity index is 1.54. The van der Waals surface area contributed by atoms with Gasteiger partial charge in [0.05, 0.1) is 11.1 Å². The van der Waals surface area contributed by atoms with E-state index in [-0.39, 0.29) is 5.91 Å². The highest BCUT2D eigenvalue weighted by atomic mass is 16.1. The van der Waals surface area contributed by atoms with Gasteiger partial charge in [-0.2, -0.15) is 0 Å². The van der Waals surface area contributed by atoms with Crippen molar-refractivity contribution in [2.24, 2.45) is 0 Å². The van der Waals surface area contributed by atoms with Gasteiger partial charge in [0.2, 0.25) is 0 Å². The SMILES string of the molecule is Cc1ccc(NCCCNC(=O)c2cc(C)nc3ccccc23)nc1. The molecule has 0 saturated carbocycles. The second kappa shape index (κ2) is 7.75. The van der Waals surface area contributed by atoms with E-state index < -0.39 is 0 Å². The number of nitrogens with one attached hydrogen (secondary N) is 2. The number of anilines is 1. The molecule has 128 valence electrons. The van der Waals surface area contributed by atoms with Gasteiger partial charge in [0.25, 0.3) is 5.91 Å².